The molecule has 1 aliphatic rings. The summed E-state index contributed by atoms with van der Waals surface area (Å²) >= 11 is 6.40. The van der Waals surface area contributed by atoms with E-state index in [0.717, 1.165) is 46.7 Å². The molecule has 3 aromatic rings. The Morgan fingerprint density at radius 3 is 2.24 bits per heavy atom. The number of sulfonamides is 1. The van der Waals surface area contributed by atoms with Crippen molar-refractivity contribution in [1.29, 1.82) is 0 Å². The molecule has 1 fully saturated rings. The fourth-order valence-electron chi connectivity index (χ4n) is 5.01. The highest BCUT2D eigenvalue weighted by atomic mass is 35.5. The number of carbonyl (C=O) groups excluding carboxylic acids is 2. The van der Waals surface area contributed by atoms with Crippen LogP contribution in [0.1, 0.15) is 49.3 Å². The van der Waals surface area contributed by atoms with E-state index in [4.69, 9.17) is 16.3 Å². The summed E-state index contributed by atoms with van der Waals surface area (Å²) in [6, 6.07) is 17.8. The van der Waals surface area contributed by atoms with Gasteiger partial charge in [-0.05, 0) is 81.1 Å². The number of methoxy groups -OCH3 is 1. The zero-order valence-corrected chi connectivity index (χ0v) is 26.0. The lowest BCUT2D eigenvalue weighted by molar-refractivity contribution is -0.139. The van der Waals surface area contributed by atoms with Crippen molar-refractivity contribution in [2.24, 2.45) is 0 Å². The molecule has 1 saturated carbocycles. The Kier molecular flexibility index (Phi) is 10.2. The molecule has 0 aliphatic heterocycles. The first-order valence-corrected chi connectivity index (χ1v) is 15.9. The number of hydrogen-bond acceptors (Lipinski definition) is 5. The van der Waals surface area contributed by atoms with Crippen molar-refractivity contribution in [3.05, 3.63) is 88.4 Å². The largest absolute Gasteiger partial charge is 0.497 e. The van der Waals surface area contributed by atoms with Gasteiger partial charge in [0.2, 0.25) is 11.8 Å². The number of rotatable bonds is 11. The number of halogens is 1. The van der Waals surface area contributed by atoms with Crippen LogP contribution in [0.5, 0.6) is 5.75 Å². The molecule has 1 atom stereocenters. The molecule has 1 unspecified atom stereocenters. The first-order valence-electron chi connectivity index (χ1n) is 14.1. The highest BCUT2D eigenvalue weighted by Crippen LogP contribution is 2.29. The number of hydrogen-bond donors (Lipinski definition) is 1. The molecular weight excluding hydrogens is 574 g/mol. The number of nitrogens with one attached hydrogen (secondary N) is 1. The third-order valence-corrected chi connectivity index (χ3v) is 9.91. The second-order valence-corrected chi connectivity index (χ2v) is 13.1. The van der Waals surface area contributed by atoms with Crippen molar-refractivity contribution >= 4 is 39.1 Å². The van der Waals surface area contributed by atoms with Crippen molar-refractivity contribution < 1.29 is 22.7 Å². The van der Waals surface area contributed by atoms with Crippen molar-refractivity contribution in [1.82, 2.24) is 10.2 Å². The zero-order valence-electron chi connectivity index (χ0n) is 24.5. The molecule has 42 heavy (non-hydrogen) atoms. The van der Waals surface area contributed by atoms with Crippen LogP contribution in [0.25, 0.3) is 0 Å². The van der Waals surface area contributed by atoms with Crippen LogP contribution in [-0.4, -0.2) is 50.9 Å². The second kappa shape index (κ2) is 13.6. The highest BCUT2D eigenvalue weighted by molar-refractivity contribution is 7.92. The standard InChI is InChI=1S/C32H38ClN3O5S/c1-22-9-17-29(18-10-22)42(39,40)36(27-14-11-23(2)30(33)19-27)21-31(37)35(20-25-12-15-28(41-4)16-13-25)24(3)32(38)34-26-7-5-6-8-26/h9-19,24,26H,5-8,20-21H2,1-4H3,(H,34,38). The molecular formula is C32H38ClN3O5S. The minimum absolute atomic E-state index is 0.0475. The summed E-state index contributed by atoms with van der Waals surface area (Å²) in [5, 5.41) is 3.45. The lowest BCUT2D eigenvalue weighted by Gasteiger charge is -2.32. The Hall–Kier alpha value is -3.56. The minimum atomic E-state index is -4.17. The summed E-state index contributed by atoms with van der Waals surface area (Å²) in [4.78, 5) is 28.9. The number of anilines is 1. The normalized spacial score (nSPS) is 14.3. The van der Waals surface area contributed by atoms with Gasteiger partial charge < -0.3 is 15.0 Å². The van der Waals surface area contributed by atoms with Gasteiger partial charge in [0.05, 0.1) is 17.7 Å². The predicted molar refractivity (Wildman–Crippen MR) is 165 cm³/mol. The molecule has 4 rings (SSSR count). The number of benzene rings is 3. The van der Waals surface area contributed by atoms with E-state index in [1.807, 2.05) is 26.0 Å². The first-order chi connectivity index (χ1) is 20.0. The lowest BCUT2D eigenvalue weighted by atomic mass is 10.1. The summed E-state index contributed by atoms with van der Waals surface area (Å²) < 4.78 is 34.3. The molecule has 1 N–H and O–H groups in total. The monoisotopic (exact) mass is 611 g/mol. The van der Waals surface area contributed by atoms with Gasteiger partial charge >= 0.3 is 0 Å². The summed E-state index contributed by atoms with van der Waals surface area (Å²) in [5.41, 5.74) is 2.71. The van der Waals surface area contributed by atoms with E-state index in [2.05, 4.69) is 5.32 Å². The molecule has 0 heterocycles. The second-order valence-electron chi connectivity index (χ2n) is 10.8. The van der Waals surface area contributed by atoms with E-state index in [9.17, 15) is 18.0 Å². The van der Waals surface area contributed by atoms with Crippen LogP contribution < -0.4 is 14.4 Å². The molecule has 224 valence electrons. The molecule has 0 aromatic heterocycles. The molecule has 3 aromatic carbocycles. The van der Waals surface area contributed by atoms with E-state index in [0.29, 0.717) is 10.8 Å². The highest BCUT2D eigenvalue weighted by Gasteiger charge is 2.33. The van der Waals surface area contributed by atoms with Crippen molar-refractivity contribution in [2.45, 2.75) is 70.0 Å². The Morgan fingerprint density at radius 1 is 1.00 bits per heavy atom. The van der Waals surface area contributed by atoms with Crippen LogP contribution >= 0.6 is 11.6 Å². The van der Waals surface area contributed by atoms with E-state index < -0.39 is 28.5 Å². The van der Waals surface area contributed by atoms with Crippen LogP contribution in [0, 0.1) is 13.8 Å². The molecule has 2 amide bonds. The maximum atomic E-state index is 14.1. The number of amides is 2. The quantitative estimate of drug-likeness (QED) is 0.303. The summed E-state index contributed by atoms with van der Waals surface area (Å²) in [5.74, 6) is -0.127. The van der Waals surface area contributed by atoms with Crippen molar-refractivity contribution in [3.8, 4) is 5.75 Å². The average Bonchev–Trinajstić information content (AvgIpc) is 3.49. The number of ether oxygens (including phenoxy) is 1. The fraction of sp³-hybridized carbons (Fsp3) is 0.375. The summed E-state index contributed by atoms with van der Waals surface area (Å²) in [6.07, 6.45) is 3.92. The van der Waals surface area contributed by atoms with Gasteiger partial charge in [-0.2, -0.15) is 0 Å². The minimum Gasteiger partial charge on any atom is -0.497 e. The van der Waals surface area contributed by atoms with Crippen LogP contribution in [0.3, 0.4) is 0 Å². The van der Waals surface area contributed by atoms with Gasteiger partial charge in [0.15, 0.2) is 0 Å². The van der Waals surface area contributed by atoms with Gasteiger partial charge in [-0.25, -0.2) is 8.42 Å². The van der Waals surface area contributed by atoms with Crippen LogP contribution in [-0.2, 0) is 26.2 Å². The number of nitrogens with zero attached hydrogens (tertiary/aromatic N) is 2. The van der Waals surface area contributed by atoms with Gasteiger partial charge in [0.25, 0.3) is 10.0 Å². The van der Waals surface area contributed by atoms with Crippen LogP contribution in [0.4, 0.5) is 5.69 Å². The molecule has 0 saturated heterocycles. The van der Waals surface area contributed by atoms with E-state index in [1.165, 1.54) is 17.0 Å². The van der Waals surface area contributed by atoms with Gasteiger partial charge in [-0.3, -0.25) is 13.9 Å². The molecule has 1 aliphatic carbocycles. The smallest absolute Gasteiger partial charge is 0.264 e. The summed E-state index contributed by atoms with van der Waals surface area (Å²) in [6.45, 7) is 4.94. The Morgan fingerprint density at radius 2 is 1.64 bits per heavy atom. The molecule has 0 spiro atoms. The first kappa shape index (κ1) is 31.4. The van der Waals surface area contributed by atoms with E-state index in [1.54, 1.807) is 56.5 Å². The zero-order chi connectivity index (χ0) is 30.4. The molecule has 10 heteroatoms. The Labute approximate surface area is 253 Å². The average molecular weight is 612 g/mol. The van der Waals surface area contributed by atoms with Crippen LogP contribution in [0.15, 0.2) is 71.6 Å². The van der Waals surface area contributed by atoms with Gasteiger partial charge in [-0.1, -0.05) is 60.3 Å². The molecule has 8 nitrogen and oxygen atoms in total. The van der Waals surface area contributed by atoms with Crippen LogP contribution in [0.2, 0.25) is 5.02 Å². The third-order valence-electron chi connectivity index (χ3n) is 7.71. The van der Waals surface area contributed by atoms with E-state index in [-0.39, 0.29) is 29.1 Å². The maximum absolute atomic E-state index is 14.1. The Balaban J connectivity index is 1.70. The van der Waals surface area contributed by atoms with Gasteiger partial charge in [-0.15, -0.1) is 0 Å². The lowest BCUT2D eigenvalue weighted by Crippen LogP contribution is -2.52. The Bertz CT molecular complexity index is 1500. The number of aryl methyl sites for hydroxylation is 2. The van der Waals surface area contributed by atoms with Crippen molar-refractivity contribution in [2.75, 3.05) is 18.0 Å². The number of carbonyl (C=O) groups is 2. The van der Waals surface area contributed by atoms with E-state index >= 15 is 0 Å². The third kappa shape index (κ3) is 7.44. The summed E-state index contributed by atoms with van der Waals surface area (Å²) in [7, 11) is -2.60. The maximum Gasteiger partial charge on any atom is 0.264 e. The molecule has 0 radical (unpaired) electrons. The fourth-order valence-corrected chi connectivity index (χ4v) is 6.59. The SMILES string of the molecule is COc1ccc(CN(C(=O)CN(c2ccc(C)c(Cl)c2)S(=O)(=O)c2ccc(C)cc2)C(C)C(=O)NC2CCCC2)cc1. The topological polar surface area (TPSA) is 96.0 Å². The van der Waals surface area contributed by atoms with Gasteiger partial charge in [0.1, 0.15) is 18.3 Å². The molecule has 0 bridgehead atoms. The predicted octanol–water partition coefficient (Wildman–Crippen LogP) is 5.64. The van der Waals surface area contributed by atoms with Gasteiger partial charge in [0, 0.05) is 17.6 Å². The van der Waals surface area contributed by atoms with Crippen molar-refractivity contribution in [3.63, 3.8) is 0 Å².